The molecule has 3 aromatic carbocycles. The number of nitrogens with zero attached hydrogens (tertiary/aromatic N) is 1. The topological polar surface area (TPSA) is 93.2 Å². The van der Waals surface area contributed by atoms with Crippen LogP contribution in [-0.2, 0) is 11.3 Å². The molecule has 3 aromatic rings. The third-order valence-corrected chi connectivity index (χ3v) is 7.06. The van der Waals surface area contributed by atoms with Gasteiger partial charge in [0.15, 0.2) is 0 Å². The lowest BCUT2D eigenvalue weighted by Gasteiger charge is -2.43. The van der Waals surface area contributed by atoms with E-state index >= 15 is 0 Å². The molecule has 6 rings (SSSR count). The predicted octanol–water partition coefficient (Wildman–Crippen LogP) is 3.16. The van der Waals surface area contributed by atoms with Crippen molar-refractivity contribution in [3.8, 4) is 5.75 Å². The van der Waals surface area contributed by atoms with Crippen LogP contribution in [0.15, 0.2) is 78.9 Å². The Hall–Kier alpha value is -3.84. The standard InChI is InChI=1S/C29H30N2O5/c32-28(33)23-11-9-20(10-12-23)19-35-25-8-4-7-24(17-25)27(22-5-2-1-3-6-22)30-29(34)36-26-18-31-15-13-21(26)14-16-31/h1-12,17,21,26-27H,13-16,18-19H2,(H,30,34)(H,32,33)/p+1/t26?,27-/m0/s1. The van der Waals surface area contributed by atoms with Gasteiger partial charge in [0, 0.05) is 17.7 Å². The fraction of sp³-hybridized carbons (Fsp3) is 0.310. The van der Waals surface area contributed by atoms with Crippen LogP contribution in [-0.4, -0.2) is 52.9 Å². The molecule has 36 heavy (non-hydrogen) atoms. The van der Waals surface area contributed by atoms with E-state index in [4.69, 9.17) is 14.6 Å². The van der Waals surface area contributed by atoms with Crippen molar-refractivity contribution in [1.29, 1.82) is 0 Å². The highest BCUT2D eigenvalue weighted by molar-refractivity contribution is 5.87. The van der Waals surface area contributed by atoms with Gasteiger partial charge in [0.05, 0.1) is 5.56 Å². The van der Waals surface area contributed by atoms with E-state index in [-0.39, 0.29) is 23.8 Å². The molecule has 3 fully saturated rings. The van der Waals surface area contributed by atoms with Crippen molar-refractivity contribution >= 4 is 12.1 Å². The van der Waals surface area contributed by atoms with Gasteiger partial charge in [0.2, 0.25) is 6.04 Å². The molecule has 186 valence electrons. The van der Waals surface area contributed by atoms with Gasteiger partial charge in [-0.15, -0.1) is 0 Å². The highest BCUT2D eigenvalue weighted by Crippen LogP contribution is 2.29. The molecule has 0 aromatic heterocycles. The summed E-state index contributed by atoms with van der Waals surface area (Å²) in [5.74, 6) is 0.206. The van der Waals surface area contributed by atoms with Crippen molar-refractivity contribution < 1.29 is 29.5 Å². The van der Waals surface area contributed by atoms with Crippen molar-refractivity contribution in [3.05, 3.63) is 101 Å². The summed E-state index contributed by atoms with van der Waals surface area (Å²) < 4.78 is 12.0. The van der Waals surface area contributed by atoms with Crippen molar-refractivity contribution in [3.63, 3.8) is 0 Å². The zero-order valence-electron chi connectivity index (χ0n) is 20.0. The Morgan fingerprint density at radius 2 is 1.67 bits per heavy atom. The first kappa shape index (κ1) is 23.9. The molecule has 3 saturated heterocycles. The summed E-state index contributed by atoms with van der Waals surface area (Å²) in [6.07, 6.45) is 2.06. The Balaban J connectivity index is 1.33. The molecule has 0 spiro atoms. The van der Waals surface area contributed by atoms with Crippen molar-refractivity contribution in [2.75, 3.05) is 19.6 Å². The molecule has 0 aliphatic carbocycles. The first-order valence-electron chi connectivity index (χ1n) is 12.4. The number of benzene rings is 3. The lowest BCUT2D eigenvalue weighted by Crippen LogP contribution is -2.76. The summed E-state index contributed by atoms with van der Waals surface area (Å²) in [6.45, 7) is 3.39. The average molecular weight is 488 g/mol. The number of hydrogen-bond donors (Lipinski definition) is 3. The van der Waals surface area contributed by atoms with Gasteiger partial charge in [-0.2, -0.15) is 4.99 Å². The minimum absolute atomic E-state index is 0.00129. The monoisotopic (exact) mass is 487 g/mol. The average Bonchev–Trinajstić information content (AvgIpc) is 2.92. The van der Waals surface area contributed by atoms with Crippen LogP contribution in [0.2, 0.25) is 0 Å². The molecular formula is C29H31N2O5+. The zero-order valence-corrected chi connectivity index (χ0v) is 20.0. The quantitative estimate of drug-likeness (QED) is 0.334. The molecule has 0 saturated carbocycles. The Morgan fingerprint density at radius 1 is 0.944 bits per heavy atom. The number of aliphatic hydroxyl groups excluding tert-OH is 1. The first-order chi connectivity index (χ1) is 17.5. The zero-order chi connectivity index (χ0) is 24.9. The SMILES string of the molecule is O=C(O)c1ccc(COc2cccc([C@@H]([NH+]=C(O)OC3CN4CCC3CC4)c3ccccc3)c2)cc1. The molecule has 0 amide bonds. The number of piperidine rings is 3. The van der Waals surface area contributed by atoms with Crippen molar-refractivity contribution in [2.45, 2.75) is 31.6 Å². The molecule has 7 heteroatoms. The number of carboxylic acid groups (broad SMARTS) is 1. The summed E-state index contributed by atoms with van der Waals surface area (Å²) in [7, 11) is 0. The maximum absolute atomic E-state index is 11.1. The number of hydrogen-bond acceptors (Lipinski definition) is 4. The molecule has 3 heterocycles. The molecule has 1 unspecified atom stereocenters. The van der Waals surface area contributed by atoms with Crippen LogP contribution in [0.3, 0.4) is 0 Å². The molecule has 3 aliphatic rings. The van der Waals surface area contributed by atoms with Crippen LogP contribution in [0.4, 0.5) is 0 Å². The van der Waals surface area contributed by atoms with E-state index in [1.54, 1.807) is 24.3 Å². The predicted molar refractivity (Wildman–Crippen MR) is 135 cm³/mol. The minimum Gasteiger partial charge on any atom is -0.489 e. The Kier molecular flexibility index (Phi) is 7.18. The van der Waals surface area contributed by atoms with Crippen molar-refractivity contribution in [1.82, 2.24) is 4.90 Å². The molecule has 0 radical (unpaired) electrons. The van der Waals surface area contributed by atoms with Crippen LogP contribution in [0.1, 0.15) is 45.9 Å². The van der Waals surface area contributed by atoms with Gasteiger partial charge in [-0.05, 0) is 61.7 Å². The van der Waals surface area contributed by atoms with E-state index in [1.807, 2.05) is 54.6 Å². The van der Waals surface area contributed by atoms with Crippen molar-refractivity contribution in [2.24, 2.45) is 5.92 Å². The number of rotatable bonds is 8. The van der Waals surface area contributed by atoms with Gasteiger partial charge < -0.3 is 19.7 Å². The molecule has 3 N–H and O–H groups in total. The Bertz CT molecular complexity index is 1200. The Labute approximate surface area is 210 Å². The van der Waals surface area contributed by atoms with Crippen LogP contribution in [0.5, 0.6) is 5.75 Å². The third-order valence-electron chi connectivity index (χ3n) is 7.06. The normalized spacial score (nSPS) is 22.1. The van der Waals surface area contributed by atoms with E-state index in [0.717, 1.165) is 49.2 Å². The van der Waals surface area contributed by atoms with Crippen LogP contribution in [0, 0.1) is 5.92 Å². The molecule has 3 aliphatic heterocycles. The van der Waals surface area contributed by atoms with Gasteiger partial charge in [0.1, 0.15) is 18.5 Å². The summed E-state index contributed by atoms with van der Waals surface area (Å²) in [5, 5.41) is 19.9. The number of aliphatic hydroxyl groups is 1. The third kappa shape index (κ3) is 5.69. The highest BCUT2D eigenvalue weighted by Gasteiger charge is 2.37. The smallest absolute Gasteiger partial charge is 0.489 e. The number of fused-ring (bicyclic) bond motifs is 3. The number of ether oxygens (including phenoxy) is 2. The van der Waals surface area contributed by atoms with Gasteiger partial charge in [-0.1, -0.05) is 54.6 Å². The minimum atomic E-state index is -0.952. The summed E-state index contributed by atoms with van der Waals surface area (Å²) in [6, 6.07) is 24.0. The first-order valence-corrected chi connectivity index (χ1v) is 12.4. The molecule has 7 nitrogen and oxygen atoms in total. The molecule has 2 atom stereocenters. The van der Waals surface area contributed by atoms with Gasteiger partial charge in [-0.3, -0.25) is 4.90 Å². The van der Waals surface area contributed by atoms with E-state index in [0.29, 0.717) is 18.3 Å². The maximum atomic E-state index is 11.1. The lowest BCUT2D eigenvalue weighted by molar-refractivity contribution is -0.518. The van der Waals surface area contributed by atoms with E-state index in [9.17, 15) is 9.90 Å². The summed E-state index contributed by atoms with van der Waals surface area (Å²) in [5.41, 5.74) is 3.03. The van der Waals surface area contributed by atoms with E-state index < -0.39 is 5.97 Å². The number of carboxylic acids is 1. The molecular weight excluding hydrogens is 456 g/mol. The highest BCUT2D eigenvalue weighted by atomic mass is 16.6. The van der Waals surface area contributed by atoms with Gasteiger partial charge in [0.25, 0.3) is 0 Å². The second kappa shape index (κ2) is 10.8. The second-order valence-corrected chi connectivity index (χ2v) is 9.45. The van der Waals surface area contributed by atoms with Crippen LogP contribution >= 0.6 is 0 Å². The largest absolute Gasteiger partial charge is 0.546 e. The second-order valence-electron chi connectivity index (χ2n) is 9.45. The summed E-state index contributed by atoms with van der Waals surface area (Å²) >= 11 is 0. The van der Waals surface area contributed by atoms with E-state index in [2.05, 4.69) is 9.89 Å². The van der Waals surface area contributed by atoms with Crippen LogP contribution in [0.25, 0.3) is 0 Å². The van der Waals surface area contributed by atoms with Crippen LogP contribution < -0.4 is 9.73 Å². The lowest BCUT2D eigenvalue weighted by atomic mass is 9.86. The fourth-order valence-corrected chi connectivity index (χ4v) is 5.04. The van der Waals surface area contributed by atoms with Gasteiger partial charge >= 0.3 is 12.1 Å². The summed E-state index contributed by atoms with van der Waals surface area (Å²) in [4.78, 5) is 16.6. The maximum Gasteiger partial charge on any atom is 0.546 e. The Morgan fingerprint density at radius 3 is 2.33 bits per heavy atom. The van der Waals surface area contributed by atoms with Gasteiger partial charge in [-0.25, -0.2) is 4.79 Å². The number of aromatic carboxylic acids is 1. The fourth-order valence-electron chi connectivity index (χ4n) is 5.04. The molecule has 2 bridgehead atoms. The number of carbonyl (C=O) groups is 1. The number of nitrogens with one attached hydrogen (secondary N) is 1. The van der Waals surface area contributed by atoms with E-state index in [1.165, 1.54) is 0 Å².